The Kier molecular flexibility index (Phi) is 25.2. The molecule has 7 heterocycles. The van der Waals surface area contributed by atoms with Gasteiger partial charge in [-0.25, -0.2) is 9.97 Å². The summed E-state index contributed by atoms with van der Waals surface area (Å²) in [5.74, 6) is 1.62. The molecule has 0 unspecified atom stereocenters. The fourth-order valence-corrected chi connectivity index (χ4v) is 12.5. The number of nitrogens with zero attached hydrogens (tertiary/aromatic N) is 10. The van der Waals surface area contributed by atoms with Crippen LogP contribution in [0.4, 0.5) is 11.6 Å². The van der Waals surface area contributed by atoms with Gasteiger partial charge in [0.25, 0.3) is 0 Å². The van der Waals surface area contributed by atoms with Gasteiger partial charge in [-0.3, -0.25) is 9.97 Å². The lowest BCUT2D eigenvalue weighted by Gasteiger charge is -2.32. The SMILES string of the molecule is CC1(C)OB(c2ccc(-c3ccccc3)nc2)OC1(C)C.C[Si](C)(C)CCOCN(COCC[Si](C)(C)C)c1cc(Cl)nc2c(-c3ccc(-c4ccccc4)nc3)cnn12.C[Si](C)(C)CCOCN(COCC[Si](C)(C)C)c1cc(Cl)nc2c(I)cnn12. The van der Waals surface area contributed by atoms with Gasteiger partial charge in [0.05, 0.1) is 38.6 Å². The molecule has 8 aromatic rings. The molecule has 88 heavy (non-hydrogen) atoms. The molecule has 0 N–H and O–H groups in total. The van der Waals surface area contributed by atoms with Crippen LogP contribution in [-0.2, 0) is 28.3 Å². The van der Waals surface area contributed by atoms with E-state index in [1.165, 1.54) is 0 Å². The van der Waals surface area contributed by atoms with Crippen LogP contribution in [0.15, 0.2) is 122 Å². The number of halogens is 3. The Bertz CT molecular complexity index is 3400. The first kappa shape index (κ1) is 71.0. The van der Waals surface area contributed by atoms with E-state index in [1.807, 2.05) is 106 Å². The van der Waals surface area contributed by atoms with Crippen molar-refractivity contribution in [3.05, 3.63) is 136 Å². The summed E-state index contributed by atoms with van der Waals surface area (Å²) in [6.45, 7) is 41.0. The van der Waals surface area contributed by atoms with Gasteiger partial charge in [-0.05, 0) is 86.6 Å². The van der Waals surface area contributed by atoms with Crippen LogP contribution in [0.5, 0.6) is 0 Å². The molecular formula is C64H92BCl2IN10O6Si4. The Labute approximate surface area is 551 Å². The molecule has 0 amide bonds. The molecule has 0 bridgehead atoms. The van der Waals surface area contributed by atoms with Crippen molar-refractivity contribution in [1.29, 1.82) is 0 Å². The summed E-state index contributed by atoms with van der Waals surface area (Å²) < 4.78 is 40.9. The second kappa shape index (κ2) is 31.3. The average molecular weight is 1420 g/mol. The van der Waals surface area contributed by atoms with E-state index in [1.54, 1.807) is 10.7 Å². The predicted octanol–water partition coefficient (Wildman–Crippen LogP) is 16.0. The zero-order chi connectivity index (χ0) is 64.1. The Hall–Kier alpha value is -4.42. The van der Waals surface area contributed by atoms with Gasteiger partial charge >= 0.3 is 7.12 Å². The van der Waals surface area contributed by atoms with E-state index >= 15 is 0 Å². The summed E-state index contributed by atoms with van der Waals surface area (Å²) in [6.07, 6.45) is 7.31. The topological polar surface area (TPSA) is 148 Å². The van der Waals surface area contributed by atoms with Crippen LogP contribution < -0.4 is 15.3 Å². The fraction of sp³-hybridized carbons (Fsp3) is 0.469. The normalized spacial score (nSPS) is 14.2. The Balaban J connectivity index is 0.000000198. The largest absolute Gasteiger partial charge is 0.496 e. The van der Waals surface area contributed by atoms with Crippen LogP contribution in [0.3, 0.4) is 0 Å². The van der Waals surface area contributed by atoms with Gasteiger partial charge in [0.2, 0.25) is 0 Å². The predicted molar refractivity (Wildman–Crippen MR) is 384 cm³/mol. The van der Waals surface area contributed by atoms with Crippen molar-refractivity contribution in [2.24, 2.45) is 0 Å². The molecule has 0 spiro atoms. The average Bonchev–Trinajstić information content (AvgIpc) is 1.76. The van der Waals surface area contributed by atoms with Gasteiger partial charge in [0.1, 0.15) is 48.9 Å². The second-order valence-corrected chi connectivity index (χ2v) is 52.5. The van der Waals surface area contributed by atoms with E-state index in [0.29, 0.717) is 56.1 Å². The number of fused-ring (bicyclic) bond motifs is 2. The summed E-state index contributed by atoms with van der Waals surface area (Å²) in [5, 5.41) is 10.00. The van der Waals surface area contributed by atoms with Crippen LogP contribution >= 0.6 is 45.8 Å². The second-order valence-electron chi connectivity index (χ2n) is 28.1. The molecule has 2 aromatic carbocycles. The maximum Gasteiger partial charge on any atom is 0.496 e. The summed E-state index contributed by atoms with van der Waals surface area (Å²) in [7, 11) is -5.01. The minimum Gasteiger partial charge on any atom is -0.399 e. The van der Waals surface area contributed by atoms with Crippen LogP contribution in [0.25, 0.3) is 44.9 Å². The van der Waals surface area contributed by atoms with E-state index in [4.69, 9.17) is 56.6 Å². The highest BCUT2D eigenvalue weighted by Gasteiger charge is 2.51. The Morgan fingerprint density at radius 2 is 0.875 bits per heavy atom. The van der Waals surface area contributed by atoms with E-state index < -0.39 is 32.3 Å². The fourth-order valence-electron chi connectivity index (χ4n) is 8.65. The van der Waals surface area contributed by atoms with Crippen LogP contribution in [-0.4, -0.2) is 143 Å². The van der Waals surface area contributed by atoms with Gasteiger partial charge in [-0.15, -0.1) is 0 Å². The van der Waals surface area contributed by atoms with Crippen LogP contribution in [0.2, 0.25) is 113 Å². The molecule has 0 atom stereocenters. The summed E-state index contributed by atoms with van der Waals surface area (Å²) in [5.41, 5.74) is 7.57. The third kappa shape index (κ3) is 21.6. The number of ether oxygens (including phenoxy) is 4. The molecule has 6 aromatic heterocycles. The monoisotopic (exact) mass is 1420 g/mol. The maximum atomic E-state index is 6.57. The molecule has 24 heteroatoms. The molecule has 1 fully saturated rings. The first-order chi connectivity index (χ1) is 41.4. The number of anilines is 2. The van der Waals surface area contributed by atoms with Crippen molar-refractivity contribution >= 4 is 114 Å². The van der Waals surface area contributed by atoms with Crippen molar-refractivity contribution in [2.75, 3.05) is 63.2 Å². The Morgan fingerprint density at radius 1 is 0.489 bits per heavy atom. The highest BCUT2D eigenvalue weighted by atomic mass is 127. The van der Waals surface area contributed by atoms with Crippen LogP contribution in [0, 0.1) is 3.57 Å². The first-order valence-electron chi connectivity index (χ1n) is 30.3. The molecule has 474 valence electrons. The third-order valence-corrected chi connectivity index (χ3v) is 22.9. The first-order valence-corrected chi connectivity index (χ1v) is 47.0. The molecule has 0 aliphatic carbocycles. The molecular weight excluding hydrogens is 1330 g/mol. The lowest BCUT2D eigenvalue weighted by atomic mass is 9.80. The van der Waals surface area contributed by atoms with E-state index in [-0.39, 0.29) is 18.3 Å². The number of pyridine rings is 2. The Morgan fingerprint density at radius 3 is 1.26 bits per heavy atom. The lowest BCUT2D eigenvalue weighted by molar-refractivity contribution is 0.00578. The van der Waals surface area contributed by atoms with Crippen molar-refractivity contribution in [3.63, 3.8) is 0 Å². The quantitative estimate of drug-likeness (QED) is 0.0166. The molecule has 16 nitrogen and oxygen atoms in total. The van der Waals surface area contributed by atoms with Gasteiger partial charge in [0, 0.05) is 111 Å². The molecule has 1 aliphatic rings. The minimum absolute atomic E-state index is 0.324. The van der Waals surface area contributed by atoms with E-state index in [2.05, 4.69) is 178 Å². The maximum absolute atomic E-state index is 6.57. The number of aromatic nitrogens is 8. The van der Waals surface area contributed by atoms with Gasteiger partial charge in [-0.2, -0.15) is 19.2 Å². The minimum atomic E-state index is -1.20. The molecule has 0 saturated carbocycles. The smallest absolute Gasteiger partial charge is 0.399 e. The number of hydrogen-bond acceptors (Lipinski definition) is 14. The standard InChI is InChI=1S/C29H40ClN5O2Si2.C18H32ClIN4O2Si2.C17H20BNO2/c1-38(2,3)16-14-36-21-34(22-37-15-17-39(4,5)6)28-18-27(30)33-29-25(20-32-35(28)29)24-12-13-26(31-19-24)23-10-8-7-9-11-23;1-27(2,3)9-7-25-13-23(14-26-8-10-28(4,5)6)17-11-16(19)22-18-15(20)12-21-24(17)18;1-16(2)17(3,4)21-18(20-16)14-10-11-15(19-12-14)13-8-6-5-7-9-13/h7-13,18-20H,14-17,21-22H2,1-6H3;11-12H,7-10,13-14H2,1-6H3;5-12H,1-4H3. The zero-order valence-electron chi connectivity index (χ0n) is 54.7. The van der Waals surface area contributed by atoms with Crippen molar-refractivity contribution in [2.45, 2.75) is 142 Å². The number of benzene rings is 2. The summed E-state index contributed by atoms with van der Waals surface area (Å²) in [6, 6.07) is 36.5. The van der Waals surface area contributed by atoms with Crippen molar-refractivity contribution in [1.82, 2.24) is 39.2 Å². The van der Waals surface area contributed by atoms with Crippen molar-refractivity contribution in [3.8, 4) is 33.6 Å². The number of rotatable bonds is 26. The van der Waals surface area contributed by atoms with Crippen molar-refractivity contribution < 1.29 is 28.3 Å². The van der Waals surface area contributed by atoms with Gasteiger partial charge in [-0.1, -0.05) is 175 Å². The van der Waals surface area contributed by atoms with Crippen LogP contribution in [0.1, 0.15) is 27.7 Å². The van der Waals surface area contributed by atoms with Gasteiger partial charge < -0.3 is 38.1 Å². The highest BCUT2D eigenvalue weighted by molar-refractivity contribution is 14.1. The molecule has 9 rings (SSSR count). The molecule has 1 aliphatic heterocycles. The summed E-state index contributed by atoms with van der Waals surface area (Å²) >= 11 is 15.1. The third-order valence-electron chi connectivity index (χ3n) is 14.9. The molecule has 1 saturated heterocycles. The van der Waals surface area contributed by atoms with E-state index in [9.17, 15) is 0 Å². The van der Waals surface area contributed by atoms with Gasteiger partial charge in [0.15, 0.2) is 11.3 Å². The summed E-state index contributed by atoms with van der Waals surface area (Å²) in [4.78, 5) is 22.3. The van der Waals surface area contributed by atoms with E-state index in [0.717, 1.165) is 97.3 Å². The molecule has 0 radical (unpaired) electrons. The lowest BCUT2D eigenvalue weighted by Crippen LogP contribution is -2.41. The highest BCUT2D eigenvalue weighted by Crippen LogP contribution is 2.37. The number of hydrogen-bond donors (Lipinski definition) is 0. The zero-order valence-corrected chi connectivity index (χ0v) is 62.3.